The number of rotatable bonds is 13. The Bertz CT molecular complexity index is 1660. The molecule has 0 spiro atoms. The summed E-state index contributed by atoms with van der Waals surface area (Å²) >= 11 is 6.88. The number of esters is 1. The second-order valence-corrected chi connectivity index (χ2v) is 11.6. The third kappa shape index (κ3) is 8.79. The Labute approximate surface area is 282 Å². The van der Waals surface area contributed by atoms with Crippen molar-refractivity contribution in [2.45, 2.75) is 26.5 Å². The molecule has 1 aliphatic rings. The van der Waals surface area contributed by atoms with E-state index in [1.807, 2.05) is 24.3 Å². The summed E-state index contributed by atoms with van der Waals surface area (Å²) in [4.78, 5) is 37.4. The number of urea groups is 1. The van der Waals surface area contributed by atoms with E-state index in [1.165, 1.54) is 20.4 Å². The predicted molar refractivity (Wildman–Crippen MR) is 177 cm³/mol. The summed E-state index contributed by atoms with van der Waals surface area (Å²) in [6, 6.07) is 14.9. The van der Waals surface area contributed by atoms with Crippen molar-refractivity contribution in [3.63, 3.8) is 0 Å². The first-order chi connectivity index (χ1) is 22.1. The van der Waals surface area contributed by atoms with Crippen LogP contribution in [0.2, 0.25) is 0 Å². The lowest BCUT2D eigenvalue weighted by atomic mass is 9.95. The van der Waals surface area contributed by atoms with Crippen LogP contribution in [0.1, 0.15) is 36.6 Å². The number of hydrogen-bond acceptors (Lipinski definition) is 9. The van der Waals surface area contributed by atoms with Crippen molar-refractivity contribution in [1.29, 1.82) is 0 Å². The van der Waals surface area contributed by atoms with Crippen molar-refractivity contribution in [2.75, 3.05) is 27.4 Å². The van der Waals surface area contributed by atoms with Gasteiger partial charge in [0.15, 0.2) is 29.6 Å². The van der Waals surface area contributed by atoms with Crippen molar-refractivity contribution < 1.29 is 38.1 Å². The summed E-state index contributed by atoms with van der Waals surface area (Å²) in [5.74, 6) is 0.408. The molecule has 0 aromatic heterocycles. The largest absolute Gasteiger partial charge is 0.493 e. The third-order valence-electron chi connectivity index (χ3n) is 6.60. The molecule has 14 heteroatoms. The SMILES string of the molecule is CCOC(=O)C1=C(C)NC(=O)N[C@@H]1c1ccc(OCC(=O)N/N=C/c2cc(Br)cc(OC)c2OCc2ccc(Br)cc2)c(OC)c1. The number of amides is 3. The number of allylic oxidation sites excluding steroid dienone is 1. The predicted octanol–water partition coefficient (Wildman–Crippen LogP) is 5.53. The summed E-state index contributed by atoms with van der Waals surface area (Å²) in [6.07, 6.45) is 1.45. The highest BCUT2D eigenvalue weighted by Gasteiger charge is 2.32. The lowest BCUT2D eigenvalue weighted by Crippen LogP contribution is -2.45. The molecule has 0 saturated carbocycles. The van der Waals surface area contributed by atoms with Gasteiger partial charge in [-0.25, -0.2) is 15.0 Å². The van der Waals surface area contributed by atoms with Gasteiger partial charge in [0.2, 0.25) is 0 Å². The van der Waals surface area contributed by atoms with Gasteiger partial charge in [0, 0.05) is 20.2 Å². The summed E-state index contributed by atoms with van der Waals surface area (Å²) in [6.45, 7) is 3.41. The van der Waals surface area contributed by atoms with Gasteiger partial charge in [-0.05, 0) is 61.4 Å². The van der Waals surface area contributed by atoms with E-state index in [0.29, 0.717) is 28.3 Å². The van der Waals surface area contributed by atoms with E-state index in [9.17, 15) is 14.4 Å². The van der Waals surface area contributed by atoms with Crippen LogP contribution in [0.25, 0.3) is 0 Å². The van der Waals surface area contributed by atoms with Gasteiger partial charge < -0.3 is 34.3 Å². The Morgan fingerprint density at radius 1 is 0.957 bits per heavy atom. The Hall–Kier alpha value is -4.56. The molecule has 3 N–H and O–H groups in total. The van der Waals surface area contributed by atoms with E-state index < -0.39 is 23.9 Å². The minimum absolute atomic E-state index is 0.178. The lowest BCUT2D eigenvalue weighted by molar-refractivity contribution is -0.139. The number of carbonyl (C=O) groups excluding carboxylic acids is 3. The molecule has 0 bridgehead atoms. The standard InChI is InChI=1S/C32H32Br2N4O8/c1-5-44-31(40)28-18(2)36-32(41)37-29(28)20-8-11-24(25(13-20)42-3)45-17-27(39)38-35-15-21-12-23(34)14-26(43-4)30(21)46-16-19-6-9-22(33)10-7-19/h6-15,29H,5,16-17H2,1-4H3,(H,38,39)(H2,36,37,41)/b35-15+/t29-/m1/s1. The molecule has 0 unspecified atom stereocenters. The minimum atomic E-state index is -0.784. The zero-order valence-corrected chi connectivity index (χ0v) is 28.6. The number of ether oxygens (including phenoxy) is 5. The fourth-order valence-corrected chi connectivity index (χ4v) is 5.20. The van der Waals surface area contributed by atoms with Crippen LogP contribution < -0.4 is 35.0 Å². The molecule has 3 aromatic carbocycles. The molecule has 0 fully saturated rings. The fourth-order valence-electron chi connectivity index (χ4n) is 4.48. The number of hydrazone groups is 1. The number of halogens is 2. The molecule has 12 nitrogen and oxygen atoms in total. The Morgan fingerprint density at radius 3 is 2.39 bits per heavy atom. The zero-order valence-electron chi connectivity index (χ0n) is 25.4. The molecule has 1 aliphatic heterocycles. The van der Waals surface area contributed by atoms with Crippen LogP contribution in [-0.2, 0) is 20.9 Å². The normalized spacial score (nSPS) is 14.3. The third-order valence-corrected chi connectivity index (χ3v) is 7.59. The Morgan fingerprint density at radius 2 is 1.70 bits per heavy atom. The minimum Gasteiger partial charge on any atom is -0.493 e. The van der Waals surface area contributed by atoms with Crippen molar-refractivity contribution in [1.82, 2.24) is 16.1 Å². The highest BCUT2D eigenvalue weighted by atomic mass is 79.9. The van der Waals surface area contributed by atoms with Crippen LogP contribution >= 0.6 is 31.9 Å². The number of nitrogens with one attached hydrogen (secondary N) is 3. The average Bonchev–Trinajstić information content (AvgIpc) is 3.03. The molecule has 0 radical (unpaired) electrons. The summed E-state index contributed by atoms with van der Waals surface area (Å²) in [5.41, 5.74) is 5.16. The maximum absolute atomic E-state index is 12.6. The molecule has 242 valence electrons. The van der Waals surface area contributed by atoms with E-state index in [-0.39, 0.29) is 36.9 Å². The van der Waals surface area contributed by atoms with Gasteiger partial charge >= 0.3 is 12.0 Å². The molecule has 3 amide bonds. The number of hydrogen-bond donors (Lipinski definition) is 3. The van der Waals surface area contributed by atoms with Crippen LogP contribution in [0.5, 0.6) is 23.0 Å². The lowest BCUT2D eigenvalue weighted by Gasteiger charge is -2.28. The van der Waals surface area contributed by atoms with E-state index in [4.69, 9.17) is 23.7 Å². The Balaban J connectivity index is 1.42. The first-order valence-electron chi connectivity index (χ1n) is 14.0. The molecule has 1 atom stereocenters. The van der Waals surface area contributed by atoms with Crippen LogP contribution in [-0.4, -0.2) is 51.6 Å². The summed E-state index contributed by atoms with van der Waals surface area (Å²) < 4.78 is 29.6. The highest BCUT2D eigenvalue weighted by Crippen LogP contribution is 2.36. The van der Waals surface area contributed by atoms with Crippen molar-refractivity contribution >= 4 is 56.0 Å². The molecule has 1 heterocycles. The quantitative estimate of drug-likeness (QED) is 0.117. The zero-order chi connectivity index (χ0) is 33.2. The monoisotopic (exact) mass is 758 g/mol. The van der Waals surface area contributed by atoms with Crippen molar-refractivity contribution in [3.8, 4) is 23.0 Å². The van der Waals surface area contributed by atoms with Gasteiger partial charge in [0.05, 0.1) is 38.7 Å². The molecule has 0 saturated heterocycles. The summed E-state index contributed by atoms with van der Waals surface area (Å²) in [5, 5.41) is 9.41. The first-order valence-corrected chi connectivity index (χ1v) is 15.5. The van der Waals surface area contributed by atoms with Crippen LogP contribution in [0.4, 0.5) is 4.79 Å². The molecular weight excluding hydrogens is 728 g/mol. The number of benzene rings is 3. The van der Waals surface area contributed by atoms with Gasteiger partial charge in [-0.1, -0.05) is 50.1 Å². The van der Waals surface area contributed by atoms with Gasteiger partial charge in [-0.15, -0.1) is 0 Å². The van der Waals surface area contributed by atoms with Crippen LogP contribution in [0.3, 0.4) is 0 Å². The maximum atomic E-state index is 12.6. The molecule has 3 aromatic rings. The second-order valence-electron chi connectivity index (χ2n) is 9.72. The second kappa shape index (κ2) is 16.1. The van der Waals surface area contributed by atoms with Gasteiger partial charge in [-0.3, -0.25) is 4.79 Å². The fraction of sp³-hybridized carbons (Fsp3) is 0.250. The Kier molecular flexibility index (Phi) is 12.0. The maximum Gasteiger partial charge on any atom is 0.338 e. The number of carbonyl (C=O) groups is 3. The van der Waals surface area contributed by atoms with Gasteiger partial charge in [-0.2, -0.15) is 5.10 Å². The van der Waals surface area contributed by atoms with Crippen molar-refractivity contribution in [2.24, 2.45) is 5.10 Å². The van der Waals surface area contributed by atoms with E-state index in [1.54, 1.807) is 44.2 Å². The van der Waals surface area contributed by atoms with Crippen molar-refractivity contribution in [3.05, 3.63) is 91.5 Å². The summed E-state index contributed by atoms with van der Waals surface area (Å²) in [7, 11) is 2.97. The van der Waals surface area contributed by atoms with E-state index >= 15 is 0 Å². The number of methoxy groups -OCH3 is 2. The molecule has 46 heavy (non-hydrogen) atoms. The van der Waals surface area contributed by atoms with Crippen LogP contribution in [0, 0.1) is 0 Å². The molecule has 4 rings (SSSR count). The highest BCUT2D eigenvalue weighted by molar-refractivity contribution is 9.10. The first kappa shape index (κ1) is 34.3. The number of nitrogens with zero attached hydrogens (tertiary/aromatic N) is 1. The smallest absolute Gasteiger partial charge is 0.338 e. The van der Waals surface area contributed by atoms with E-state index in [2.05, 4.69) is 53.0 Å². The molecular formula is C32H32Br2N4O8. The topological polar surface area (TPSA) is 146 Å². The van der Waals surface area contributed by atoms with E-state index in [0.717, 1.165) is 14.5 Å². The van der Waals surface area contributed by atoms with Gasteiger partial charge in [0.1, 0.15) is 6.61 Å². The van der Waals surface area contributed by atoms with Crippen LogP contribution in [0.15, 0.2) is 79.9 Å². The van der Waals surface area contributed by atoms with Gasteiger partial charge in [0.25, 0.3) is 5.91 Å². The average molecular weight is 760 g/mol. The molecule has 0 aliphatic carbocycles.